The Hall–Kier alpha value is -2.62. The molecule has 162 valence electrons. The van der Waals surface area contributed by atoms with Crippen LogP contribution in [-0.4, -0.2) is 29.3 Å². The van der Waals surface area contributed by atoms with Crippen LogP contribution in [0.1, 0.15) is 62.3 Å². The lowest BCUT2D eigenvalue weighted by Crippen LogP contribution is -2.47. The molecular weight excluding hydrogens is 372 g/mol. The van der Waals surface area contributed by atoms with Crippen molar-refractivity contribution in [3.8, 4) is 0 Å². The van der Waals surface area contributed by atoms with Gasteiger partial charge in [0.25, 0.3) is 0 Å². The van der Waals surface area contributed by atoms with E-state index in [1.54, 1.807) is 4.90 Å². The molecule has 0 radical (unpaired) electrons. The van der Waals surface area contributed by atoms with Gasteiger partial charge in [-0.25, -0.2) is 0 Å². The Bertz CT molecular complexity index is 797. The Morgan fingerprint density at radius 2 is 1.53 bits per heavy atom. The highest BCUT2D eigenvalue weighted by Crippen LogP contribution is 2.14. The minimum atomic E-state index is -0.502. The number of unbranched alkanes of at least 4 members (excludes halogenated alkanes) is 1. The van der Waals surface area contributed by atoms with Crippen LogP contribution in [-0.2, 0) is 29.0 Å². The number of hydrogen-bond acceptors (Lipinski definition) is 2. The van der Waals surface area contributed by atoms with Gasteiger partial charge >= 0.3 is 0 Å². The van der Waals surface area contributed by atoms with Crippen LogP contribution in [0.3, 0.4) is 0 Å². The lowest BCUT2D eigenvalue weighted by molar-refractivity contribution is -0.140. The molecule has 0 heterocycles. The van der Waals surface area contributed by atoms with Crippen molar-refractivity contribution in [3.05, 3.63) is 70.8 Å². The highest BCUT2D eigenvalue weighted by atomic mass is 16.2. The maximum atomic E-state index is 13.1. The maximum Gasteiger partial charge on any atom is 0.242 e. The van der Waals surface area contributed by atoms with Crippen molar-refractivity contribution in [3.63, 3.8) is 0 Å². The smallest absolute Gasteiger partial charge is 0.242 e. The number of nitrogens with zero attached hydrogens (tertiary/aromatic N) is 1. The van der Waals surface area contributed by atoms with Crippen LogP contribution in [0.5, 0.6) is 0 Å². The fourth-order valence-corrected chi connectivity index (χ4v) is 3.35. The van der Waals surface area contributed by atoms with Crippen molar-refractivity contribution in [2.75, 3.05) is 6.54 Å². The van der Waals surface area contributed by atoms with Crippen molar-refractivity contribution < 1.29 is 9.59 Å². The normalized spacial score (nSPS) is 11.7. The van der Waals surface area contributed by atoms with Gasteiger partial charge in [0.2, 0.25) is 11.8 Å². The first-order valence-corrected chi connectivity index (χ1v) is 11.1. The third kappa shape index (κ3) is 7.33. The topological polar surface area (TPSA) is 49.4 Å². The summed E-state index contributed by atoms with van der Waals surface area (Å²) in [6.45, 7) is 9.18. The number of rotatable bonds is 11. The molecule has 1 N–H and O–H groups in total. The standard InChI is InChI=1S/C26H36N2O2/c1-5-7-18-27-26(30)21(4)28(19-24-10-8-20(3)9-11-24)25(29)17-16-23-14-12-22(6-2)13-15-23/h8-15,21H,5-7,16-19H2,1-4H3,(H,27,30)/t21-/m0/s1. The molecule has 0 unspecified atom stereocenters. The number of amides is 2. The minimum absolute atomic E-state index is 0.00767. The quantitative estimate of drug-likeness (QED) is 0.542. The fourth-order valence-electron chi connectivity index (χ4n) is 3.35. The highest BCUT2D eigenvalue weighted by Gasteiger charge is 2.25. The first-order chi connectivity index (χ1) is 14.4. The fraction of sp³-hybridized carbons (Fsp3) is 0.462. The van der Waals surface area contributed by atoms with Crippen LogP contribution < -0.4 is 5.32 Å². The van der Waals surface area contributed by atoms with E-state index in [0.29, 0.717) is 25.9 Å². The summed E-state index contributed by atoms with van der Waals surface area (Å²) in [6.07, 6.45) is 4.05. The van der Waals surface area contributed by atoms with Crippen LogP contribution in [0.25, 0.3) is 0 Å². The zero-order valence-electron chi connectivity index (χ0n) is 18.9. The van der Waals surface area contributed by atoms with Gasteiger partial charge in [-0.2, -0.15) is 0 Å². The van der Waals surface area contributed by atoms with Crippen LogP contribution in [0, 0.1) is 6.92 Å². The number of hydrogen-bond donors (Lipinski definition) is 1. The third-order valence-corrected chi connectivity index (χ3v) is 5.53. The van der Waals surface area contributed by atoms with Gasteiger partial charge in [-0.1, -0.05) is 74.4 Å². The Morgan fingerprint density at radius 3 is 2.13 bits per heavy atom. The van der Waals surface area contributed by atoms with E-state index in [-0.39, 0.29) is 11.8 Å². The van der Waals surface area contributed by atoms with E-state index in [9.17, 15) is 9.59 Å². The molecule has 2 aromatic rings. The van der Waals surface area contributed by atoms with Gasteiger partial charge in [-0.05, 0) is 49.8 Å². The molecule has 4 nitrogen and oxygen atoms in total. The van der Waals surface area contributed by atoms with Crippen molar-refractivity contribution in [1.82, 2.24) is 10.2 Å². The second-order valence-electron chi connectivity index (χ2n) is 8.00. The molecule has 0 spiro atoms. The van der Waals surface area contributed by atoms with E-state index < -0.39 is 6.04 Å². The summed E-state index contributed by atoms with van der Waals surface area (Å²) in [7, 11) is 0. The summed E-state index contributed by atoms with van der Waals surface area (Å²) in [4.78, 5) is 27.5. The molecule has 0 aliphatic heterocycles. The van der Waals surface area contributed by atoms with Crippen molar-refractivity contribution >= 4 is 11.8 Å². The highest BCUT2D eigenvalue weighted by molar-refractivity contribution is 5.87. The van der Waals surface area contributed by atoms with Crippen LogP contribution >= 0.6 is 0 Å². The Kier molecular flexibility index (Phi) is 9.59. The molecule has 0 bridgehead atoms. The molecule has 1 atom stereocenters. The largest absolute Gasteiger partial charge is 0.354 e. The molecule has 4 heteroatoms. The molecule has 2 amide bonds. The lowest BCUT2D eigenvalue weighted by Gasteiger charge is -2.29. The maximum absolute atomic E-state index is 13.1. The molecule has 2 aromatic carbocycles. The van der Waals surface area contributed by atoms with Crippen molar-refractivity contribution in [2.45, 2.75) is 72.4 Å². The van der Waals surface area contributed by atoms with Gasteiger partial charge < -0.3 is 10.2 Å². The Labute approximate surface area is 181 Å². The van der Waals surface area contributed by atoms with Gasteiger partial charge in [0.15, 0.2) is 0 Å². The summed E-state index contributed by atoms with van der Waals surface area (Å²) >= 11 is 0. The molecule has 0 aromatic heterocycles. The minimum Gasteiger partial charge on any atom is -0.354 e. The first-order valence-electron chi connectivity index (χ1n) is 11.1. The van der Waals surface area contributed by atoms with E-state index in [1.807, 2.05) is 38.1 Å². The number of carbonyl (C=O) groups excluding carboxylic acids is 2. The van der Waals surface area contributed by atoms with E-state index in [1.165, 1.54) is 11.1 Å². The monoisotopic (exact) mass is 408 g/mol. The summed E-state index contributed by atoms with van der Waals surface area (Å²) in [5, 5.41) is 2.97. The Morgan fingerprint density at radius 1 is 0.933 bits per heavy atom. The van der Waals surface area contributed by atoms with E-state index >= 15 is 0 Å². The molecule has 0 fully saturated rings. The second kappa shape index (κ2) is 12.2. The number of benzene rings is 2. The number of carbonyl (C=O) groups is 2. The van der Waals surface area contributed by atoms with Gasteiger partial charge in [0, 0.05) is 19.5 Å². The molecule has 0 aliphatic rings. The number of nitrogens with one attached hydrogen (secondary N) is 1. The molecule has 2 rings (SSSR count). The summed E-state index contributed by atoms with van der Waals surface area (Å²) < 4.78 is 0. The average Bonchev–Trinajstić information content (AvgIpc) is 2.77. The van der Waals surface area contributed by atoms with Crippen molar-refractivity contribution in [1.29, 1.82) is 0 Å². The summed E-state index contributed by atoms with van der Waals surface area (Å²) in [6, 6.07) is 16.1. The molecule has 30 heavy (non-hydrogen) atoms. The van der Waals surface area contributed by atoms with E-state index in [2.05, 4.69) is 43.4 Å². The van der Waals surface area contributed by atoms with Gasteiger partial charge in [0.05, 0.1) is 0 Å². The van der Waals surface area contributed by atoms with Crippen molar-refractivity contribution in [2.24, 2.45) is 0 Å². The molecule has 0 saturated carbocycles. The molecular formula is C26H36N2O2. The summed E-state index contributed by atoms with van der Waals surface area (Å²) in [5.74, 6) is -0.0792. The number of aryl methyl sites for hydroxylation is 3. The zero-order chi connectivity index (χ0) is 21.9. The SMILES string of the molecule is CCCCNC(=O)[C@H](C)N(Cc1ccc(C)cc1)C(=O)CCc1ccc(CC)cc1. The Balaban J connectivity index is 2.08. The predicted octanol–water partition coefficient (Wildman–Crippen LogP) is 4.82. The van der Waals surface area contributed by atoms with Gasteiger partial charge in [-0.3, -0.25) is 9.59 Å². The van der Waals surface area contributed by atoms with E-state index in [0.717, 1.165) is 30.4 Å². The summed E-state index contributed by atoms with van der Waals surface area (Å²) in [5.41, 5.74) is 4.66. The van der Waals surface area contributed by atoms with Gasteiger partial charge in [-0.15, -0.1) is 0 Å². The third-order valence-electron chi connectivity index (χ3n) is 5.53. The predicted molar refractivity (Wildman–Crippen MR) is 123 cm³/mol. The lowest BCUT2D eigenvalue weighted by atomic mass is 10.0. The average molecular weight is 409 g/mol. The van der Waals surface area contributed by atoms with Crippen LogP contribution in [0.15, 0.2) is 48.5 Å². The first kappa shape index (κ1) is 23.7. The molecule has 0 aliphatic carbocycles. The molecule has 0 saturated heterocycles. The van der Waals surface area contributed by atoms with E-state index in [4.69, 9.17) is 0 Å². The van der Waals surface area contributed by atoms with Gasteiger partial charge in [0.1, 0.15) is 6.04 Å². The van der Waals surface area contributed by atoms with Crippen LogP contribution in [0.2, 0.25) is 0 Å². The second-order valence-corrected chi connectivity index (χ2v) is 8.00. The van der Waals surface area contributed by atoms with Crippen LogP contribution in [0.4, 0.5) is 0 Å². The zero-order valence-corrected chi connectivity index (χ0v) is 18.9.